The monoisotopic (exact) mass is 398 g/mol. The molecule has 0 aliphatic heterocycles. The highest BCUT2D eigenvalue weighted by Crippen LogP contribution is 2.33. The maximum absolute atomic E-state index is 12.9. The SMILES string of the molecule is COc1cccc(Sc2c(CNCc3ccncc3)n(C)c(=O)n2C(C)C)c1. The predicted octanol–water partition coefficient (Wildman–Crippen LogP) is 3.61. The van der Waals surface area contributed by atoms with Crippen molar-refractivity contribution < 1.29 is 4.74 Å². The lowest BCUT2D eigenvalue weighted by Gasteiger charge is -2.13. The number of rotatable bonds is 8. The van der Waals surface area contributed by atoms with Gasteiger partial charge in [-0.1, -0.05) is 17.8 Å². The van der Waals surface area contributed by atoms with E-state index in [0.717, 1.165) is 26.9 Å². The molecule has 0 atom stereocenters. The Morgan fingerprint density at radius 3 is 2.61 bits per heavy atom. The second kappa shape index (κ2) is 9.12. The molecular formula is C21H26N4O2S. The third-order valence-corrected chi connectivity index (χ3v) is 5.62. The zero-order chi connectivity index (χ0) is 20.1. The van der Waals surface area contributed by atoms with E-state index >= 15 is 0 Å². The summed E-state index contributed by atoms with van der Waals surface area (Å²) in [7, 11) is 3.49. The average Bonchev–Trinajstić information content (AvgIpc) is 2.93. The second-order valence-electron chi connectivity index (χ2n) is 6.80. The van der Waals surface area contributed by atoms with Crippen LogP contribution in [0.4, 0.5) is 0 Å². The fraction of sp³-hybridized carbons (Fsp3) is 0.333. The average molecular weight is 399 g/mol. The molecule has 0 aliphatic carbocycles. The zero-order valence-electron chi connectivity index (χ0n) is 16.7. The van der Waals surface area contributed by atoms with Gasteiger partial charge < -0.3 is 10.1 Å². The number of aromatic nitrogens is 3. The van der Waals surface area contributed by atoms with Crippen molar-refractivity contribution >= 4 is 11.8 Å². The maximum Gasteiger partial charge on any atom is 0.329 e. The van der Waals surface area contributed by atoms with Crippen LogP contribution < -0.4 is 15.7 Å². The van der Waals surface area contributed by atoms with Gasteiger partial charge in [-0.2, -0.15) is 0 Å². The number of methoxy groups -OCH3 is 1. The molecule has 6 nitrogen and oxygen atoms in total. The summed E-state index contributed by atoms with van der Waals surface area (Å²) in [6.45, 7) is 5.38. The van der Waals surface area contributed by atoms with Crippen molar-refractivity contribution in [1.82, 2.24) is 19.4 Å². The number of hydrogen-bond acceptors (Lipinski definition) is 5. The van der Waals surface area contributed by atoms with E-state index in [0.29, 0.717) is 13.1 Å². The molecule has 0 unspecified atom stereocenters. The summed E-state index contributed by atoms with van der Waals surface area (Å²) in [6.07, 6.45) is 3.57. The molecule has 3 rings (SSSR count). The number of nitrogens with zero attached hydrogens (tertiary/aromatic N) is 3. The van der Waals surface area contributed by atoms with Crippen LogP contribution in [0.3, 0.4) is 0 Å². The smallest absolute Gasteiger partial charge is 0.329 e. The molecule has 2 aromatic heterocycles. The highest BCUT2D eigenvalue weighted by molar-refractivity contribution is 7.99. The molecule has 0 saturated carbocycles. The van der Waals surface area contributed by atoms with Crippen molar-refractivity contribution in [2.45, 2.75) is 42.9 Å². The second-order valence-corrected chi connectivity index (χ2v) is 7.86. The first-order chi connectivity index (χ1) is 13.5. The molecular weight excluding hydrogens is 372 g/mol. The van der Waals surface area contributed by atoms with Crippen molar-refractivity contribution in [2.24, 2.45) is 7.05 Å². The van der Waals surface area contributed by atoms with Gasteiger partial charge in [-0.05, 0) is 49.7 Å². The van der Waals surface area contributed by atoms with Crippen LogP contribution in [-0.2, 0) is 20.1 Å². The third kappa shape index (κ3) is 4.48. The van der Waals surface area contributed by atoms with Crippen molar-refractivity contribution in [1.29, 1.82) is 0 Å². The Balaban J connectivity index is 1.89. The Morgan fingerprint density at radius 2 is 1.93 bits per heavy atom. The van der Waals surface area contributed by atoms with Crippen molar-refractivity contribution in [3.63, 3.8) is 0 Å². The van der Waals surface area contributed by atoms with Gasteiger partial charge in [0.1, 0.15) is 10.8 Å². The number of ether oxygens (including phenoxy) is 1. The van der Waals surface area contributed by atoms with Crippen molar-refractivity contribution in [2.75, 3.05) is 7.11 Å². The van der Waals surface area contributed by atoms with E-state index in [9.17, 15) is 4.79 Å². The lowest BCUT2D eigenvalue weighted by molar-refractivity contribution is 0.413. The number of pyridine rings is 1. The van der Waals surface area contributed by atoms with Crippen LogP contribution in [0.2, 0.25) is 0 Å². The molecule has 28 heavy (non-hydrogen) atoms. The van der Waals surface area contributed by atoms with Gasteiger partial charge in [-0.15, -0.1) is 0 Å². The zero-order valence-corrected chi connectivity index (χ0v) is 17.5. The van der Waals surface area contributed by atoms with Crippen LogP contribution in [0.5, 0.6) is 5.75 Å². The van der Waals surface area contributed by atoms with E-state index in [4.69, 9.17) is 4.74 Å². The molecule has 1 aromatic carbocycles. The van der Waals surface area contributed by atoms with Crippen LogP contribution in [0.1, 0.15) is 31.1 Å². The first-order valence-corrected chi connectivity index (χ1v) is 10.0. The predicted molar refractivity (Wildman–Crippen MR) is 112 cm³/mol. The summed E-state index contributed by atoms with van der Waals surface area (Å²) in [5.41, 5.74) is 2.13. The van der Waals surface area contributed by atoms with Gasteiger partial charge in [0.2, 0.25) is 0 Å². The standard InChI is InChI=1S/C21H26N4O2S/c1-15(2)25-20(28-18-7-5-6-17(12-18)27-4)19(24(3)21(25)26)14-23-13-16-8-10-22-11-9-16/h5-12,15,23H,13-14H2,1-4H3. The first kappa shape index (κ1) is 20.2. The number of nitrogens with one attached hydrogen (secondary N) is 1. The Morgan fingerprint density at radius 1 is 1.18 bits per heavy atom. The van der Waals surface area contributed by atoms with Crippen LogP contribution in [0.15, 0.2) is 63.5 Å². The summed E-state index contributed by atoms with van der Waals surface area (Å²) in [5, 5.41) is 4.40. The maximum atomic E-state index is 12.9. The van der Waals surface area contributed by atoms with Gasteiger partial charge in [0.15, 0.2) is 0 Å². The highest BCUT2D eigenvalue weighted by atomic mass is 32.2. The Kier molecular flexibility index (Phi) is 6.59. The largest absolute Gasteiger partial charge is 0.497 e. The van der Waals surface area contributed by atoms with Gasteiger partial charge in [0.05, 0.1) is 12.8 Å². The van der Waals surface area contributed by atoms with E-state index in [2.05, 4.69) is 10.3 Å². The number of benzene rings is 1. The van der Waals surface area contributed by atoms with Gasteiger partial charge >= 0.3 is 5.69 Å². The van der Waals surface area contributed by atoms with Crippen molar-refractivity contribution in [3.8, 4) is 5.75 Å². The summed E-state index contributed by atoms with van der Waals surface area (Å²) in [6, 6.07) is 11.9. The van der Waals surface area contributed by atoms with E-state index in [-0.39, 0.29) is 11.7 Å². The quantitative estimate of drug-likeness (QED) is 0.628. The molecule has 2 heterocycles. The van der Waals surface area contributed by atoms with E-state index in [1.165, 1.54) is 0 Å². The molecule has 0 radical (unpaired) electrons. The minimum atomic E-state index is 0.00103. The highest BCUT2D eigenvalue weighted by Gasteiger charge is 2.20. The molecule has 0 aliphatic rings. The lowest BCUT2D eigenvalue weighted by Crippen LogP contribution is -2.25. The Hall–Kier alpha value is -2.51. The first-order valence-electron chi connectivity index (χ1n) is 9.23. The fourth-order valence-electron chi connectivity index (χ4n) is 3.01. The summed E-state index contributed by atoms with van der Waals surface area (Å²) in [5.74, 6) is 0.803. The van der Waals surface area contributed by atoms with Crippen LogP contribution in [0, 0.1) is 0 Å². The van der Waals surface area contributed by atoms with Gasteiger partial charge in [-0.25, -0.2) is 4.79 Å². The van der Waals surface area contributed by atoms with Gasteiger partial charge in [-0.3, -0.25) is 14.1 Å². The van der Waals surface area contributed by atoms with Gasteiger partial charge in [0, 0.05) is 43.5 Å². The minimum absolute atomic E-state index is 0.00103. The molecule has 0 saturated heterocycles. The molecule has 0 bridgehead atoms. The molecule has 148 valence electrons. The normalized spacial score (nSPS) is 11.2. The lowest BCUT2D eigenvalue weighted by atomic mass is 10.2. The minimum Gasteiger partial charge on any atom is -0.497 e. The van der Waals surface area contributed by atoms with Gasteiger partial charge in [0.25, 0.3) is 0 Å². The third-order valence-electron chi connectivity index (χ3n) is 4.51. The number of imidazole rings is 1. The summed E-state index contributed by atoms with van der Waals surface area (Å²) in [4.78, 5) is 17.9. The van der Waals surface area contributed by atoms with Crippen LogP contribution in [0.25, 0.3) is 0 Å². The molecule has 1 N–H and O–H groups in total. The van der Waals surface area contributed by atoms with Crippen LogP contribution >= 0.6 is 11.8 Å². The number of hydrogen-bond donors (Lipinski definition) is 1. The Labute approximate surface area is 169 Å². The molecule has 0 spiro atoms. The Bertz CT molecular complexity index is 980. The molecule has 0 fully saturated rings. The van der Waals surface area contributed by atoms with E-state index < -0.39 is 0 Å². The fourth-order valence-corrected chi connectivity index (χ4v) is 4.27. The molecule has 0 amide bonds. The summed E-state index contributed by atoms with van der Waals surface area (Å²) >= 11 is 1.59. The topological polar surface area (TPSA) is 61.1 Å². The molecule has 3 aromatic rings. The van der Waals surface area contributed by atoms with Crippen LogP contribution in [-0.4, -0.2) is 21.2 Å². The molecule has 7 heteroatoms. The van der Waals surface area contributed by atoms with E-state index in [1.807, 2.05) is 61.9 Å². The van der Waals surface area contributed by atoms with E-state index in [1.54, 1.807) is 35.8 Å². The van der Waals surface area contributed by atoms with Crippen molar-refractivity contribution in [3.05, 3.63) is 70.5 Å². The summed E-state index contributed by atoms with van der Waals surface area (Å²) < 4.78 is 8.93.